The first kappa shape index (κ1) is 16.0. The van der Waals surface area contributed by atoms with Crippen LogP contribution in [0.5, 0.6) is 0 Å². The average Bonchev–Trinajstić information content (AvgIpc) is 2.36. The van der Waals surface area contributed by atoms with Gasteiger partial charge in [0.05, 0.1) is 0 Å². The molecule has 3 unspecified atom stereocenters. The van der Waals surface area contributed by atoms with Crippen molar-refractivity contribution in [2.24, 2.45) is 11.8 Å². The van der Waals surface area contributed by atoms with E-state index >= 15 is 0 Å². The quantitative estimate of drug-likeness (QED) is 0.802. The normalized spacial score (nSPS) is 25.7. The molecule has 4 nitrogen and oxygen atoms in total. The molecule has 4 heteroatoms. The molecule has 0 radical (unpaired) electrons. The second-order valence-corrected chi connectivity index (χ2v) is 6.12. The molecule has 1 aliphatic heterocycles. The predicted molar refractivity (Wildman–Crippen MR) is 76.6 cm³/mol. The number of carbonyl (C=O) groups excluding carboxylic acids is 2. The van der Waals surface area contributed by atoms with Crippen LogP contribution in [0.1, 0.15) is 53.9 Å². The molecule has 19 heavy (non-hydrogen) atoms. The third kappa shape index (κ3) is 3.95. The third-order valence-electron chi connectivity index (χ3n) is 4.09. The van der Waals surface area contributed by atoms with Gasteiger partial charge in [-0.15, -0.1) is 0 Å². The molecule has 0 spiro atoms. The highest BCUT2D eigenvalue weighted by Crippen LogP contribution is 2.18. The minimum atomic E-state index is -0.340. The van der Waals surface area contributed by atoms with Gasteiger partial charge >= 0.3 is 0 Å². The van der Waals surface area contributed by atoms with Gasteiger partial charge in [0.15, 0.2) is 0 Å². The topological polar surface area (TPSA) is 49.4 Å². The monoisotopic (exact) mass is 268 g/mol. The lowest BCUT2D eigenvalue weighted by Gasteiger charge is -2.39. The van der Waals surface area contributed by atoms with E-state index < -0.39 is 0 Å². The van der Waals surface area contributed by atoms with Crippen LogP contribution in [-0.4, -0.2) is 35.3 Å². The Hall–Kier alpha value is -1.06. The molecule has 3 atom stereocenters. The van der Waals surface area contributed by atoms with Crippen molar-refractivity contribution in [1.29, 1.82) is 0 Å². The minimum Gasteiger partial charge on any atom is -0.342 e. The zero-order valence-corrected chi connectivity index (χ0v) is 12.9. The van der Waals surface area contributed by atoms with Gasteiger partial charge in [-0.3, -0.25) is 9.59 Å². The summed E-state index contributed by atoms with van der Waals surface area (Å²) in [5, 5.41) is 2.87. The van der Waals surface area contributed by atoms with E-state index in [4.69, 9.17) is 0 Å². The van der Waals surface area contributed by atoms with Gasteiger partial charge < -0.3 is 10.2 Å². The molecular formula is C15H28N2O2. The number of nitrogens with zero attached hydrogens (tertiary/aromatic N) is 1. The van der Waals surface area contributed by atoms with Crippen molar-refractivity contribution >= 4 is 11.8 Å². The van der Waals surface area contributed by atoms with Gasteiger partial charge in [-0.2, -0.15) is 0 Å². The number of nitrogens with one attached hydrogen (secondary N) is 1. The van der Waals surface area contributed by atoms with E-state index in [0.717, 1.165) is 19.3 Å². The molecule has 1 rings (SSSR count). The first-order chi connectivity index (χ1) is 8.88. The Labute approximate surface area is 116 Å². The van der Waals surface area contributed by atoms with E-state index in [1.54, 1.807) is 4.90 Å². The summed E-state index contributed by atoms with van der Waals surface area (Å²) in [5.74, 6) is 0.894. The highest BCUT2D eigenvalue weighted by atomic mass is 16.2. The highest BCUT2D eigenvalue weighted by molar-refractivity contribution is 5.96. The van der Waals surface area contributed by atoms with Gasteiger partial charge in [-0.1, -0.05) is 34.1 Å². The van der Waals surface area contributed by atoms with Crippen LogP contribution < -0.4 is 5.32 Å². The Morgan fingerprint density at radius 2 is 1.89 bits per heavy atom. The van der Waals surface area contributed by atoms with Crippen LogP contribution in [0.4, 0.5) is 0 Å². The van der Waals surface area contributed by atoms with E-state index in [0.29, 0.717) is 12.5 Å². The first-order valence-corrected chi connectivity index (χ1v) is 7.49. The molecule has 0 aromatic heterocycles. The number of hydrogen-bond donors (Lipinski definition) is 1. The SMILES string of the molecule is CCC(C)C1NC(=O)C(C)N(CCCC(C)C)C1=O. The number of piperazine rings is 1. The number of hydrogen-bond acceptors (Lipinski definition) is 2. The van der Waals surface area contributed by atoms with Crippen LogP contribution in [0.2, 0.25) is 0 Å². The zero-order valence-electron chi connectivity index (χ0n) is 12.9. The van der Waals surface area contributed by atoms with Crippen molar-refractivity contribution in [3.63, 3.8) is 0 Å². The summed E-state index contributed by atoms with van der Waals surface area (Å²) in [6, 6.07) is -0.673. The molecule has 0 saturated carbocycles. The van der Waals surface area contributed by atoms with Crippen LogP contribution in [0.15, 0.2) is 0 Å². The molecule has 0 bridgehead atoms. The van der Waals surface area contributed by atoms with Crippen LogP contribution >= 0.6 is 0 Å². The summed E-state index contributed by atoms with van der Waals surface area (Å²) in [6.07, 6.45) is 2.95. The van der Waals surface area contributed by atoms with Gasteiger partial charge in [0.1, 0.15) is 12.1 Å². The van der Waals surface area contributed by atoms with Crippen LogP contribution in [0.25, 0.3) is 0 Å². The fraction of sp³-hybridized carbons (Fsp3) is 0.867. The lowest BCUT2D eigenvalue weighted by Crippen LogP contribution is -2.64. The van der Waals surface area contributed by atoms with Crippen LogP contribution in [0.3, 0.4) is 0 Å². The number of rotatable bonds is 6. The van der Waals surface area contributed by atoms with Crippen molar-refractivity contribution in [3.8, 4) is 0 Å². The van der Waals surface area contributed by atoms with E-state index in [9.17, 15) is 9.59 Å². The van der Waals surface area contributed by atoms with Crippen molar-refractivity contribution in [2.45, 2.75) is 66.0 Å². The third-order valence-corrected chi connectivity index (χ3v) is 4.09. The van der Waals surface area contributed by atoms with Crippen molar-refractivity contribution in [1.82, 2.24) is 10.2 Å². The number of carbonyl (C=O) groups is 2. The lowest BCUT2D eigenvalue weighted by atomic mass is 9.94. The molecule has 110 valence electrons. The molecule has 0 aromatic rings. The van der Waals surface area contributed by atoms with E-state index in [-0.39, 0.29) is 29.8 Å². The Kier molecular flexibility index (Phi) is 5.83. The molecule has 1 heterocycles. The minimum absolute atomic E-state index is 0.0190. The maximum atomic E-state index is 12.5. The van der Waals surface area contributed by atoms with Gasteiger partial charge in [0.25, 0.3) is 0 Å². The van der Waals surface area contributed by atoms with E-state index in [1.165, 1.54) is 0 Å². The Bertz CT molecular complexity index is 328. The largest absolute Gasteiger partial charge is 0.342 e. The first-order valence-electron chi connectivity index (χ1n) is 7.49. The molecular weight excluding hydrogens is 240 g/mol. The number of amides is 2. The fourth-order valence-corrected chi connectivity index (χ4v) is 2.44. The second-order valence-electron chi connectivity index (χ2n) is 6.12. The maximum Gasteiger partial charge on any atom is 0.246 e. The zero-order chi connectivity index (χ0) is 14.6. The maximum absolute atomic E-state index is 12.5. The standard InChI is InChI=1S/C15H28N2O2/c1-6-11(4)13-15(19)17(9-7-8-10(2)3)12(5)14(18)16-13/h10-13H,6-9H2,1-5H3,(H,16,18). The average molecular weight is 268 g/mol. The molecule has 1 aliphatic rings. The van der Waals surface area contributed by atoms with E-state index in [1.807, 2.05) is 20.8 Å². The van der Waals surface area contributed by atoms with E-state index in [2.05, 4.69) is 19.2 Å². The highest BCUT2D eigenvalue weighted by Gasteiger charge is 2.39. The van der Waals surface area contributed by atoms with Crippen LogP contribution in [0, 0.1) is 11.8 Å². The summed E-state index contributed by atoms with van der Waals surface area (Å²) in [5.41, 5.74) is 0. The second kappa shape index (κ2) is 6.92. The molecule has 1 fully saturated rings. The smallest absolute Gasteiger partial charge is 0.246 e. The molecule has 1 N–H and O–H groups in total. The summed E-state index contributed by atoms with van der Waals surface area (Å²) in [4.78, 5) is 26.2. The summed E-state index contributed by atoms with van der Waals surface area (Å²) in [7, 11) is 0. The van der Waals surface area contributed by atoms with Gasteiger partial charge in [0, 0.05) is 6.54 Å². The molecule has 0 aliphatic carbocycles. The summed E-state index contributed by atoms with van der Waals surface area (Å²) >= 11 is 0. The fourth-order valence-electron chi connectivity index (χ4n) is 2.44. The van der Waals surface area contributed by atoms with Gasteiger partial charge in [-0.05, 0) is 31.6 Å². The molecule has 0 aromatic carbocycles. The Morgan fingerprint density at radius 3 is 2.42 bits per heavy atom. The molecule has 2 amide bonds. The van der Waals surface area contributed by atoms with Crippen molar-refractivity contribution in [2.75, 3.05) is 6.54 Å². The van der Waals surface area contributed by atoms with Crippen LogP contribution in [-0.2, 0) is 9.59 Å². The Balaban J connectivity index is 2.70. The summed E-state index contributed by atoms with van der Waals surface area (Å²) in [6.45, 7) is 10.9. The lowest BCUT2D eigenvalue weighted by molar-refractivity contribution is -0.150. The Morgan fingerprint density at radius 1 is 1.26 bits per heavy atom. The van der Waals surface area contributed by atoms with Gasteiger partial charge in [0.2, 0.25) is 11.8 Å². The van der Waals surface area contributed by atoms with Crippen molar-refractivity contribution < 1.29 is 9.59 Å². The summed E-state index contributed by atoms with van der Waals surface area (Å²) < 4.78 is 0. The van der Waals surface area contributed by atoms with Gasteiger partial charge in [-0.25, -0.2) is 0 Å². The predicted octanol–water partition coefficient (Wildman–Crippen LogP) is 2.18. The molecule has 1 saturated heterocycles. The van der Waals surface area contributed by atoms with Crippen molar-refractivity contribution in [3.05, 3.63) is 0 Å².